The van der Waals surface area contributed by atoms with Gasteiger partial charge in [0.05, 0.1) is 11.7 Å². The molecule has 2 aromatic carbocycles. The first-order chi connectivity index (χ1) is 13.0. The molecule has 3 N–H and O–H groups in total. The third kappa shape index (κ3) is 4.38. The molecular formula is C20H23N3O4. The van der Waals surface area contributed by atoms with E-state index in [1.54, 1.807) is 25.2 Å². The van der Waals surface area contributed by atoms with E-state index in [2.05, 4.69) is 10.6 Å². The second-order valence-corrected chi connectivity index (χ2v) is 6.50. The lowest BCUT2D eigenvalue weighted by atomic mass is 10.0. The van der Waals surface area contributed by atoms with Crippen LogP contribution in [0.25, 0.3) is 0 Å². The number of amides is 3. The average Bonchev–Trinajstić information content (AvgIpc) is 2.65. The van der Waals surface area contributed by atoms with Crippen LogP contribution in [0, 0.1) is 6.92 Å². The molecule has 1 aliphatic heterocycles. The molecule has 0 unspecified atom stereocenters. The van der Waals surface area contributed by atoms with E-state index in [1.165, 1.54) is 4.90 Å². The number of rotatable bonds is 5. The highest BCUT2D eigenvalue weighted by Crippen LogP contribution is 2.33. The molecule has 0 aromatic heterocycles. The fourth-order valence-electron chi connectivity index (χ4n) is 2.93. The Hall–Kier alpha value is -3.06. The molecule has 3 rings (SSSR count). The fraction of sp³-hybridized carbons (Fsp3) is 0.300. The summed E-state index contributed by atoms with van der Waals surface area (Å²) in [5.41, 5.74) is 3.20. The van der Waals surface area contributed by atoms with Gasteiger partial charge in [-0.15, -0.1) is 0 Å². The van der Waals surface area contributed by atoms with Gasteiger partial charge in [-0.1, -0.05) is 29.8 Å². The van der Waals surface area contributed by atoms with Crippen LogP contribution in [0.15, 0.2) is 42.5 Å². The van der Waals surface area contributed by atoms with Crippen molar-refractivity contribution in [3.63, 3.8) is 0 Å². The second-order valence-electron chi connectivity index (χ2n) is 6.50. The molecule has 3 amide bonds. The number of aliphatic hydroxyl groups excluding tert-OH is 1. The number of carbonyl (C=O) groups excluding carboxylic acids is 2. The Kier molecular flexibility index (Phi) is 5.61. The summed E-state index contributed by atoms with van der Waals surface area (Å²) < 4.78 is 5.38. The van der Waals surface area contributed by atoms with Gasteiger partial charge in [0.15, 0.2) is 6.61 Å². The Labute approximate surface area is 157 Å². The molecule has 1 aliphatic rings. The molecule has 0 saturated carbocycles. The summed E-state index contributed by atoms with van der Waals surface area (Å²) in [5.74, 6) is 0.451. The number of carbonyl (C=O) groups is 2. The van der Waals surface area contributed by atoms with Crippen molar-refractivity contribution in [2.75, 3.05) is 30.5 Å². The van der Waals surface area contributed by atoms with E-state index in [9.17, 15) is 14.7 Å². The molecule has 0 aliphatic carbocycles. The molecule has 1 atom stereocenters. The number of likely N-dealkylation sites (N-methyl/N-ethyl adjacent to an activating group) is 1. The molecule has 0 radical (unpaired) electrons. The van der Waals surface area contributed by atoms with Gasteiger partial charge in [0.1, 0.15) is 5.75 Å². The highest BCUT2D eigenvalue weighted by molar-refractivity contribution is 5.99. The maximum Gasteiger partial charge on any atom is 0.319 e. The van der Waals surface area contributed by atoms with Crippen molar-refractivity contribution in [2.24, 2.45) is 0 Å². The predicted octanol–water partition coefficient (Wildman–Crippen LogP) is 2.60. The van der Waals surface area contributed by atoms with Crippen molar-refractivity contribution >= 4 is 23.3 Å². The quantitative estimate of drug-likeness (QED) is 0.756. The van der Waals surface area contributed by atoms with Crippen LogP contribution in [-0.2, 0) is 4.79 Å². The summed E-state index contributed by atoms with van der Waals surface area (Å²) in [5, 5.41) is 15.0. The van der Waals surface area contributed by atoms with Crippen molar-refractivity contribution in [1.82, 2.24) is 5.32 Å². The van der Waals surface area contributed by atoms with Gasteiger partial charge in [0.25, 0.3) is 5.91 Å². The summed E-state index contributed by atoms with van der Waals surface area (Å²) >= 11 is 0. The summed E-state index contributed by atoms with van der Waals surface area (Å²) in [4.78, 5) is 25.7. The fourth-order valence-corrected chi connectivity index (χ4v) is 2.93. The first-order valence-corrected chi connectivity index (χ1v) is 8.76. The van der Waals surface area contributed by atoms with Gasteiger partial charge in [0.2, 0.25) is 0 Å². The van der Waals surface area contributed by atoms with Crippen LogP contribution < -0.4 is 20.3 Å². The lowest BCUT2D eigenvalue weighted by Crippen LogP contribution is -2.36. The molecule has 7 heteroatoms. The number of aryl methyl sites for hydroxylation is 1. The van der Waals surface area contributed by atoms with E-state index >= 15 is 0 Å². The average molecular weight is 369 g/mol. The van der Waals surface area contributed by atoms with E-state index in [-0.39, 0.29) is 31.2 Å². The minimum atomic E-state index is -0.389. The number of anilines is 2. The maximum atomic E-state index is 12.4. The highest BCUT2D eigenvalue weighted by Gasteiger charge is 2.23. The second kappa shape index (κ2) is 8.09. The molecule has 27 heavy (non-hydrogen) atoms. The van der Waals surface area contributed by atoms with Crippen LogP contribution in [0.5, 0.6) is 5.75 Å². The zero-order valence-electron chi connectivity index (χ0n) is 15.4. The molecule has 0 bridgehead atoms. The van der Waals surface area contributed by atoms with Gasteiger partial charge in [0, 0.05) is 19.3 Å². The Morgan fingerprint density at radius 2 is 2.00 bits per heavy atom. The third-order valence-electron chi connectivity index (χ3n) is 4.51. The normalized spacial score (nSPS) is 14.2. The summed E-state index contributed by atoms with van der Waals surface area (Å²) in [7, 11) is 1.67. The number of hydrogen-bond acceptors (Lipinski definition) is 4. The minimum absolute atomic E-state index is 0.0101. The number of aliphatic hydroxyl groups is 1. The number of ether oxygens (including phenoxy) is 1. The van der Waals surface area contributed by atoms with Gasteiger partial charge < -0.3 is 25.4 Å². The monoisotopic (exact) mass is 369 g/mol. The largest absolute Gasteiger partial charge is 0.482 e. The van der Waals surface area contributed by atoms with Gasteiger partial charge in [-0.05, 0) is 37.1 Å². The molecule has 0 spiro atoms. The van der Waals surface area contributed by atoms with E-state index in [0.29, 0.717) is 23.5 Å². The number of hydrogen-bond donors (Lipinski definition) is 3. The zero-order chi connectivity index (χ0) is 19.4. The van der Waals surface area contributed by atoms with Gasteiger partial charge in [-0.3, -0.25) is 4.79 Å². The SMILES string of the molecule is Cc1ccc([C@@H](CCO)NC(=O)Nc2ccc3c(c2)N(C)C(=O)CO3)cc1. The van der Waals surface area contributed by atoms with Gasteiger partial charge in [-0.2, -0.15) is 0 Å². The van der Waals surface area contributed by atoms with Gasteiger partial charge >= 0.3 is 6.03 Å². The molecule has 0 saturated heterocycles. The lowest BCUT2D eigenvalue weighted by molar-refractivity contribution is -0.120. The van der Waals surface area contributed by atoms with Crippen LogP contribution in [0.3, 0.4) is 0 Å². The topological polar surface area (TPSA) is 90.9 Å². The Balaban J connectivity index is 1.71. The number of nitrogens with zero attached hydrogens (tertiary/aromatic N) is 1. The molecule has 2 aromatic rings. The summed E-state index contributed by atoms with van der Waals surface area (Å²) in [6, 6.07) is 12.2. The molecule has 1 heterocycles. The third-order valence-corrected chi connectivity index (χ3v) is 4.51. The van der Waals surface area contributed by atoms with Crippen molar-refractivity contribution in [3.8, 4) is 5.75 Å². The van der Waals surface area contributed by atoms with E-state index in [4.69, 9.17) is 4.74 Å². The highest BCUT2D eigenvalue weighted by atomic mass is 16.5. The minimum Gasteiger partial charge on any atom is -0.482 e. The Morgan fingerprint density at radius 3 is 2.70 bits per heavy atom. The lowest BCUT2D eigenvalue weighted by Gasteiger charge is -2.26. The number of urea groups is 1. The van der Waals surface area contributed by atoms with Crippen molar-refractivity contribution in [1.29, 1.82) is 0 Å². The summed E-state index contributed by atoms with van der Waals surface area (Å²) in [6.45, 7) is 1.96. The van der Waals surface area contributed by atoms with Crippen LogP contribution in [0.1, 0.15) is 23.6 Å². The predicted molar refractivity (Wildman–Crippen MR) is 103 cm³/mol. The number of benzene rings is 2. The zero-order valence-corrected chi connectivity index (χ0v) is 15.4. The first kappa shape index (κ1) is 18.7. The standard InChI is InChI=1S/C20H23N3O4/c1-13-3-5-14(6-4-13)16(9-10-24)22-20(26)21-15-7-8-18-17(11-15)23(2)19(25)12-27-18/h3-8,11,16,24H,9-10,12H2,1-2H3,(H2,21,22,26)/t16-/m1/s1. The van der Waals surface area contributed by atoms with Gasteiger partial charge in [-0.25, -0.2) is 4.79 Å². The first-order valence-electron chi connectivity index (χ1n) is 8.76. The Bertz CT molecular complexity index is 836. The van der Waals surface area contributed by atoms with E-state index < -0.39 is 0 Å². The summed E-state index contributed by atoms with van der Waals surface area (Å²) in [6.07, 6.45) is 0.408. The molecule has 7 nitrogen and oxygen atoms in total. The van der Waals surface area contributed by atoms with Crippen molar-refractivity contribution < 1.29 is 19.4 Å². The molecule has 142 valence electrons. The number of fused-ring (bicyclic) bond motifs is 1. The van der Waals surface area contributed by atoms with Crippen LogP contribution in [0.2, 0.25) is 0 Å². The van der Waals surface area contributed by atoms with E-state index in [1.807, 2.05) is 31.2 Å². The number of nitrogens with one attached hydrogen (secondary N) is 2. The van der Waals surface area contributed by atoms with Crippen LogP contribution in [0.4, 0.5) is 16.2 Å². The van der Waals surface area contributed by atoms with Crippen molar-refractivity contribution in [2.45, 2.75) is 19.4 Å². The van der Waals surface area contributed by atoms with Crippen molar-refractivity contribution in [3.05, 3.63) is 53.6 Å². The molecule has 0 fully saturated rings. The van der Waals surface area contributed by atoms with Crippen LogP contribution in [-0.4, -0.2) is 37.3 Å². The van der Waals surface area contributed by atoms with E-state index in [0.717, 1.165) is 11.1 Å². The smallest absolute Gasteiger partial charge is 0.319 e. The Morgan fingerprint density at radius 1 is 1.26 bits per heavy atom. The molecular weight excluding hydrogens is 346 g/mol. The van der Waals surface area contributed by atoms with Crippen LogP contribution >= 0.6 is 0 Å². The maximum absolute atomic E-state index is 12.4.